The molecule has 0 heterocycles. The summed E-state index contributed by atoms with van der Waals surface area (Å²) >= 11 is 0. The van der Waals surface area contributed by atoms with Crippen LogP contribution in [-0.4, -0.2) is 25.3 Å². The van der Waals surface area contributed by atoms with E-state index < -0.39 is 0 Å². The zero-order valence-electron chi connectivity index (χ0n) is 9.23. The standard InChI is InChI=1S/C11H23NO/c1-4-9-12-10(5-2)11(13-3)7-6-8-11/h10,12H,4-9H2,1-3H3. The Morgan fingerprint density at radius 1 is 1.38 bits per heavy atom. The van der Waals surface area contributed by atoms with Gasteiger partial charge in [0.1, 0.15) is 0 Å². The van der Waals surface area contributed by atoms with Gasteiger partial charge >= 0.3 is 0 Å². The van der Waals surface area contributed by atoms with Crippen LogP contribution in [0.2, 0.25) is 0 Å². The molecule has 0 spiro atoms. The van der Waals surface area contributed by atoms with Gasteiger partial charge in [0, 0.05) is 13.2 Å². The summed E-state index contributed by atoms with van der Waals surface area (Å²) in [5.41, 5.74) is 0.171. The largest absolute Gasteiger partial charge is 0.377 e. The molecule has 0 saturated heterocycles. The van der Waals surface area contributed by atoms with Crippen LogP contribution in [0.15, 0.2) is 0 Å². The zero-order valence-corrected chi connectivity index (χ0v) is 9.23. The summed E-state index contributed by atoms with van der Waals surface area (Å²) in [6.45, 7) is 5.57. The second kappa shape index (κ2) is 4.97. The highest BCUT2D eigenvalue weighted by molar-refractivity contribution is 4.98. The second-order valence-electron chi connectivity index (χ2n) is 4.04. The lowest BCUT2D eigenvalue weighted by Gasteiger charge is -2.46. The van der Waals surface area contributed by atoms with Crippen molar-refractivity contribution in [3.63, 3.8) is 0 Å². The Bertz CT molecular complexity index is 138. The third-order valence-corrected chi connectivity index (χ3v) is 3.29. The molecule has 2 nitrogen and oxygen atoms in total. The molecule has 78 valence electrons. The molecule has 13 heavy (non-hydrogen) atoms. The molecule has 1 aliphatic rings. The van der Waals surface area contributed by atoms with Gasteiger partial charge in [-0.25, -0.2) is 0 Å². The Hall–Kier alpha value is -0.0800. The maximum atomic E-state index is 5.66. The average molecular weight is 185 g/mol. The lowest BCUT2D eigenvalue weighted by molar-refractivity contribution is -0.0988. The van der Waals surface area contributed by atoms with Gasteiger partial charge in [0.2, 0.25) is 0 Å². The van der Waals surface area contributed by atoms with Crippen molar-refractivity contribution in [1.29, 1.82) is 0 Å². The number of methoxy groups -OCH3 is 1. The topological polar surface area (TPSA) is 21.3 Å². The first-order valence-corrected chi connectivity index (χ1v) is 5.57. The normalized spacial score (nSPS) is 22.4. The van der Waals surface area contributed by atoms with Gasteiger partial charge in [-0.1, -0.05) is 13.8 Å². The summed E-state index contributed by atoms with van der Waals surface area (Å²) in [6.07, 6.45) is 6.18. The molecule has 0 aromatic rings. The first-order chi connectivity index (χ1) is 6.29. The van der Waals surface area contributed by atoms with Crippen LogP contribution in [0.3, 0.4) is 0 Å². The second-order valence-corrected chi connectivity index (χ2v) is 4.04. The Morgan fingerprint density at radius 2 is 2.08 bits per heavy atom. The van der Waals surface area contributed by atoms with E-state index in [9.17, 15) is 0 Å². The molecule has 1 saturated carbocycles. The molecule has 1 unspecified atom stereocenters. The number of nitrogens with one attached hydrogen (secondary N) is 1. The van der Waals surface area contributed by atoms with Gasteiger partial charge in [-0.3, -0.25) is 0 Å². The van der Waals surface area contributed by atoms with Gasteiger partial charge in [0.15, 0.2) is 0 Å². The van der Waals surface area contributed by atoms with Gasteiger partial charge in [-0.05, 0) is 38.6 Å². The molecule has 1 aliphatic carbocycles. The van der Waals surface area contributed by atoms with Gasteiger partial charge < -0.3 is 10.1 Å². The maximum absolute atomic E-state index is 5.66. The van der Waals surface area contributed by atoms with Crippen LogP contribution in [0.1, 0.15) is 46.0 Å². The molecule has 0 bridgehead atoms. The molecule has 1 rings (SSSR count). The van der Waals surface area contributed by atoms with Crippen molar-refractivity contribution >= 4 is 0 Å². The average Bonchev–Trinajstić information content (AvgIpc) is 2.09. The zero-order chi connectivity index (χ0) is 9.73. The minimum Gasteiger partial charge on any atom is -0.377 e. The van der Waals surface area contributed by atoms with Gasteiger partial charge in [0.25, 0.3) is 0 Å². The van der Waals surface area contributed by atoms with E-state index in [0.717, 1.165) is 6.54 Å². The van der Waals surface area contributed by atoms with E-state index in [1.807, 2.05) is 7.11 Å². The van der Waals surface area contributed by atoms with Gasteiger partial charge in [-0.2, -0.15) is 0 Å². The highest BCUT2D eigenvalue weighted by Crippen LogP contribution is 2.39. The Kier molecular flexibility index (Phi) is 4.20. The predicted molar refractivity (Wildman–Crippen MR) is 56.0 cm³/mol. The van der Waals surface area contributed by atoms with Crippen LogP contribution in [-0.2, 0) is 4.74 Å². The molecule has 2 heteroatoms. The lowest BCUT2D eigenvalue weighted by atomic mass is 9.73. The van der Waals surface area contributed by atoms with Crippen molar-refractivity contribution < 1.29 is 4.74 Å². The van der Waals surface area contributed by atoms with E-state index in [1.54, 1.807) is 0 Å². The van der Waals surface area contributed by atoms with Gasteiger partial charge in [0.05, 0.1) is 5.60 Å². The summed E-state index contributed by atoms with van der Waals surface area (Å²) in [4.78, 5) is 0. The molecule has 1 fully saturated rings. The summed E-state index contributed by atoms with van der Waals surface area (Å²) in [5, 5.41) is 3.59. The minimum absolute atomic E-state index is 0.171. The van der Waals surface area contributed by atoms with E-state index in [0.29, 0.717) is 6.04 Å². The van der Waals surface area contributed by atoms with E-state index in [-0.39, 0.29) is 5.60 Å². The van der Waals surface area contributed by atoms with Crippen molar-refractivity contribution in [3.05, 3.63) is 0 Å². The van der Waals surface area contributed by atoms with Crippen molar-refractivity contribution in [2.24, 2.45) is 0 Å². The van der Waals surface area contributed by atoms with Crippen LogP contribution >= 0.6 is 0 Å². The monoisotopic (exact) mass is 185 g/mol. The van der Waals surface area contributed by atoms with Gasteiger partial charge in [-0.15, -0.1) is 0 Å². The van der Waals surface area contributed by atoms with Crippen LogP contribution in [0.4, 0.5) is 0 Å². The molecular weight excluding hydrogens is 162 g/mol. The maximum Gasteiger partial charge on any atom is 0.0830 e. The van der Waals surface area contributed by atoms with Crippen molar-refractivity contribution in [2.45, 2.75) is 57.6 Å². The molecular formula is C11H23NO. The number of hydrogen-bond acceptors (Lipinski definition) is 2. The fraction of sp³-hybridized carbons (Fsp3) is 1.00. The Labute approximate surface area is 82.0 Å². The highest BCUT2D eigenvalue weighted by Gasteiger charge is 2.43. The van der Waals surface area contributed by atoms with Crippen LogP contribution in [0, 0.1) is 0 Å². The molecule has 1 N–H and O–H groups in total. The van der Waals surface area contributed by atoms with E-state index in [4.69, 9.17) is 4.74 Å². The first kappa shape index (κ1) is 11.0. The molecule has 0 radical (unpaired) electrons. The SMILES string of the molecule is CCCNC(CC)C1(OC)CCC1. The molecule has 0 aromatic carbocycles. The van der Waals surface area contributed by atoms with Crippen LogP contribution < -0.4 is 5.32 Å². The number of hydrogen-bond donors (Lipinski definition) is 1. The van der Waals surface area contributed by atoms with E-state index >= 15 is 0 Å². The van der Waals surface area contributed by atoms with E-state index in [2.05, 4.69) is 19.2 Å². The summed E-state index contributed by atoms with van der Waals surface area (Å²) < 4.78 is 5.66. The third kappa shape index (κ3) is 2.23. The molecule has 0 aromatic heterocycles. The molecule has 1 atom stereocenters. The Balaban J connectivity index is 2.43. The fourth-order valence-electron chi connectivity index (χ4n) is 2.24. The smallest absolute Gasteiger partial charge is 0.0830 e. The number of rotatable bonds is 6. The van der Waals surface area contributed by atoms with Crippen LogP contribution in [0.5, 0.6) is 0 Å². The van der Waals surface area contributed by atoms with Crippen molar-refractivity contribution in [1.82, 2.24) is 5.32 Å². The summed E-state index contributed by atoms with van der Waals surface area (Å²) in [7, 11) is 1.86. The lowest BCUT2D eigenvalue weighted by Crippen LogP contribution is -2.56. The highest BCUT2D eigenvalue weighted by atomic mass is 16.5. The van der Waals surface area contributed by atoms with E-state index in [1.165, 1.54) is 32.1 Å². The minimum atomic E-state index is 0.171. The van der Waals surface area contributed by atoms with Crippen molar-refractivity contribution in [2.75, 3.05) is 13.7 Å². The third-order valence-electron chi connectivity index (χ3n) is 3.29. The van der Waals surface area contributed by atoms with Crippen LogP contribution in [0.25, 0.3) is 0 Å². The quantitative estimate of drug-likeness (QED) is 0.686. The number of ether oxygens (including phenoxy) is 1. The predicted octanol–water partition coefficient (Wildman–Crippen LogP) is 2.33. The summed E-state index contributed by atoms with van der Waals surface area (Å²) in [6, 6.07) is 0.561. The molecule has 0 aliphatic heterocycles. The van der Waals surface area contributed by atoms with Crippen molar-refractivity contribution in [3.8, 4) is 0 Å². The summed E-state index contributed by atoms with van der Waals surface area (Å²) in [5.74, 6) is 0. The first-order valence-electron chi connectivity index (χ1n) is 5.57. The Morgan fingerprint density at radius 3 is 2.38 bits per heavy atom. The molecule has 0 amide bonds. The fourth-order valence-corrected chi connectivity index (χ4v) is 2.24.